The molecule has 5 atom stereocenters. The predicted molar refractivity (Wildman–Crippen MR) is 127 cm³/mol. The number of carbonyl (C=O) groups is 1. The molecule has 1 aromatic rings. The molecule has 0 saturated carbocycles. The van der Waals surface area contributed by atoms with E-state index in [1.54, 1.807) is 6.92 Å². The lowest BCUT2D eigenvalue weighted by Gasteiger charge is -2.29. The number of hydrogen-bond donors (Lipinski definition) is 2. The van der Waals surface area contributed by atoms with Gasteiger partial charge >= 0.3 is 6.09 Å². The van der Waals surface area contributed by atoms with Gasteiger partial charge in [-0.25, -0.2) is 13.2 Å². The van der Waals surface area contributed by atoms with Crippen LogP contribution in [0, 0.1) is 16.7 Å². The predicted octanol–water partition coefficient (Wildman–Crippen LogP) is 2.23. The van der Waals surface area contributed by atoms with Crippen LogP contribution < -0.4 is 5.32 Å². The zero-order valence-corrected chi connectivity index (χ0v) is 21.1. The Morgan fingerprint density at radius 3 is 2.57 bits per heavy atom. The van der Waals surface area contributed by atoms with Crippen LogP contribution in [-0.4, -0.2) is 74.7 Å². The van der Waals surface area contributed by atoms with E-state index in [0.717, 1.165) is 6.42 Å². The van der Waals surface area contributed by atoms with Crippen molar-refractivity contribution in [2.45, 2.75) is 69.6 Å². The van der Waals surface area contributed by atoms with Crippen molar-refractivity contribution in [3.63, 3.8) is 0 Å². The molecule has 2 aliphatic rings. The fourth-order valence-corrected chi connectivity index (χ4v) is 6.00. The highest BCUT2D eigenvalue weighted by atomic mass is 32.2. The van der Waals surface area contributed by atoms with E-state index in [0.29, 0.717) is 18.6 Å². The Balaban J connectivity index is 1.70. The van der Waals surface area contributed by atoms with Crippen molar-refractivity contribution in [1.29, 1.82) is 0 Å². The molecule has 0 aliphatic carbocycles. The largest absolute Gasteiger partial charge is 0.443 e. The quantitative estimate of drug-likeness (QED) is 0.405. The average molecular weight is 514 g/mol. The summed E-state index contributed by atoms with van der Waals surface area (Å²) in [5.74, 6) is -0.0412. The lowest BCUT2D eigenvalue weighted by Crippen LogP contribution is -2.49. The molecule has 2 fully saturated rings. The molecule has 2 saturated heterocycles. The van der Waals surface area contributed by atoms with Gasteiger partial charge in [0.15, 0.2) is 6.29 Å². The maximum atomic E-state index is 13.4. The number of benzene rings is 1. The fourth-order valence-electron chi connectivity index (χ4n) is 4.38. The van der Waals surface area contributed by atoms with Crippen LogP contribution in [-0.2, 0) is 30.8 Å². The number of aliphatic hydroxyl groups excluding tert-OH is 1. The van der Waals surface area contributed by atoms with Crippen LogP contribution in [0.1, 0.15) is 39.2 Å². The number of rotatable bonds is 12. The molecule has 0 bridgehead atoms. The number of amides is 1. The maximum absolute atomic E-state index is 13.4. The van der Waals surface area contributed by atoms with Crippen molar-refractivity contribution in [3.05, 3.63) is 34.7 Å². The summed E-state index contributed by atoms with van der Waals surface area (Å²) in [4.78, 5) is 24.5. The lowest BCUT2D eigenvalue weighted by molar-refractivity contribution is -0.0907. The topological polar surface area (TPSA) is 144 Å². The van der Waals surface area contributed by atoms with Gasteiger partial charge in [-0.3, -0.25) is 0 Å². The van der Waals surface area contributed by atoms with E-state index in [-0.39, 0.29) is 49.3 Å². The van der Waals surface area contributed by atoms with Crippen LogP contribution in [0.15, 0.2) is 34.3 Å². The van der Waals surface area contributed by atoms with Gasteiger partial charge in [-0.15, -0.1) is 0 Å². The van der Waals surface area contributed by atoms with Gasteiger partial charge in [-0.05, 0) is 36.5 Å². The number of sulfonamides is 1. The molecular formula is C23H35N3O8S. The fraction of sp³-hybridized carbons (Fsp3) is 0.696. The van der Waals surface area contributed by atoms with Crippen molar-refractivity contribution in [2.75, 3.05) is 26.3 Å². The molecule has 0 aromatic heterocycles. The van der Waals surface area contributed by atoms with E-state index < -0.39 is 34.3 Å². The smallest absolute Gasteiger partial charge is 0.407 e. The van der Waals surface area contributed by atoms with Gasteiger partial charge in [0, 0.05) is 13.1 Å². The molecule has 35 heavy (non-hydrogen) atoms. The number of carbonyl (C=O) groups excluding carboxylic acids is 1. The van der Waals surface area contributed by atoms with Gasteiger partial charge in [-0.2, -0.15) is 9.21 Å². The molecule has 0 spiro atoms. The summed E-state index contributed by atoms with van der Waals surface area (Å²) < 4.78 is 44.4. The molecule has 2 heterocycles. The Morgan fingerprint density at radius 1 is 1.26 bits per heavy atom. The third-order valence-electron chi connectivity index (χ3n) is 6.29. The molecule has 196 valence electrons. The number of nitrogens with zero attached hydrogens (tertiary/aromatic N) is 2. The summed E-state index contributed by atoms with van der Waals surface area (Å²) in [6.45, 7) is 6.08. The van der Waals surface area contributed by atoms with E-state index in [4.69, 9.17) is 14.2 Å². The molecule has 2 N–H and O–H groups in total. The zero-order chi connectivity index (χ0) is 25.6. The van der Waals surface area contributed by atoms with Gasteiger partial charge in [0.25, 0.3) is 0 Å². The highest BCUT2D eigenvalue weighted by Gasteiger charge is 2.44. The molecule has 3 rings (SSSR count). The number of hydrogen-bond acceptors (Lipinski definition) is 9. The summed E-state index contributed by atoms with van der Waals surface area (Å²) in [7, 11) is -3.95. The summed E-state index contributed by atoms with van der Waals surface area (Å²) in [6.07, 6.45) is -0.422. The Morgan fingerprint density at radius 2 is 1.97 bits per heavy atom. The van der Waals surface area contributed by atoms with Crippen LogP contribution >= 0.6 is 0 Å². The van der Waals surface area contributed by atoms with Crippen LogP contribution in [0.3, 0.4) is 0 Å². The summed E-state index contributed by atoms with van der Waals surface area (Å²) in [5, 5.41) is 15.1. The maximum Gasteiger partial charge on any atom is 0.407 e. The van der Waals surface area contributed by atoms with Gasteiger partial charge in [0.1, 0.15) is 12.1 Å². The monoisotopic (exact) mass is 513 g/mol. The first-order valence-electron chi connectivity index (χ1n) is 11.9. The second-order valence-corrected chi connectivity index (χ2v) is 11.3. The molecule has 0 radical (unpaired) electrons. The van der Waals surface area contributed by atoms with E-state index in [2.05, 4.69) is 10.5 Å². The lowest BCUT2D eigenvalue weighted by atomic mass is 10.0. The molecule has 1 amide bonds. The molecule has 1 aromatic carbocycles. The first kappa shape index (κ1) is 27.5. The second kappa shape index (κ2) is 12.2. The van der Waals surface area contributed by atoms with Gasteiger partial charge < -0.3 is 24.6 Å². The molecular weight excluding hydrogens is 478 g/mol. The Bertz CT molecular complexity index is 956. The van der Waals surface area contributed by atoms with Gasteiger partial charge in [0.05, 0.1) is 36.7 Å². The normalized spacial score (nSPS) is 23.8. The number of aliphatic hydroxyl groups is 1. The van der Waals surface area contributed by atoms with Crippen molar-refractivity contribution in [3.8, 4) is 0 Å². The van der Waals surface area contributed by atoms with Crippen molar-refractivity contribution in [1.82, 2.24) is 9.62 Å². The summed E-state index contributed by atoms with van der Waals surface area (Å²) >= 11 is 0. The number of ether oxygens (including phenoxy) is 3. The summed E-state index contributed by atoms with van der Waals surface area (Å²) in [5.41, 5.74) is 0.587. The number of nitrogens with one attached hydrogen (secondary N) is 1. The van der Waals surface area contributed by atoms with Crippen LogP contribution in [0.4, 0.5) is 4.79 Å². The minimum Gasteiger partial charge on any atom is -0.443 e. The molecule has 2 aliphatic heterocycles. The molecule has 0 unspecified atom stereocenters. The van der Waals surface area contributed by atoms with E-state index >= 15 is 0 Å². The standard InChI is InChI=1S/C23H35N3O8S/c1-4-19(24-23(28)34-21-14-33-22-18(21)9-10-32-22)20(25-29)12-26(11-15(2)3)35(30,31)17-7-5-16(13-27)6-8-17/h5-8,15,18-22,27H,4,9-14H2,1-3H3,(H,24,28)/t18-,19-,20+,21-,22+/m0/s1. The third kappa shape index (κ3) is 6.76. The van der Waals surface area contributed by atoms with Gasteiger partial charge in [-0.1, -0.05) is 38.1 Å². The van der Waals surface area contributed by atoms with Crippen molar-refractivity contribution >= 4 is 16.1 Å². The average Bonchev–Trinajstić information content (AvgIpc) is 3.45. The van der Waals surface area contributed by atoms with Gasteiger partial charge in [0.2, 0.25) is 10.0 Å². The summed E-state index contributed by atoms with van der Waals surface area (Å²) in [6, 6.07) is 4.17. The minimum absolute atomic E-state index is 0.0178. The highest BCUT2D eigenvalue weighted by Crippen LogP contribution is 2.33. The van der Waals surface area contributed by atoms with Crippen LogP contribution in [0.2, 0.25) is 0 Å². The number of alkyl carbamates (subject to hydrolysis) is 1. The Kier molecular flexibility index (Phi) is 9.59. The van der Waals surface area contributed by atoms with Crippen molar-refractivity contribution < 1.29 is 32.5 Å². The Labute approximate surface area is 206 Å². The number of nitroso groups, excluding NO2 is 1. The first-order valence-corrected chi connectivity index (χ1v) is 13.4. The SMILES string of the molecule is CC[C@H](NC(=O)O[C@H]1CO[C@H]2OCC[C@H]21)[C@@H](CN(CC(C)C)S(=O)(=O)c1ccc(CO)cc1)N=O. The van der Waals surface area contributed by atoms with Crippen LogP contribution in [0.25, 0.3) is 0 Å². The highest BCUT2D eigenvalue weighted by molar-refractivity contribution is 7.89. The Hall–Kier alpha value is -2.12. The van der Waals surface area contributed by atoms with E-state index in [1.165, 1.54) is 28.6 Å². The minimum atomic E-state index is -3.95. The van der Waals surface area contributed by atoms with Crippen molar-refractivity contribution in [2.24, 2.45) is 17.0 Å². The van der Waals surface area contributed by atoms with E-state index in [9.17, 15) is 23.2 Å². The molecule has 11 nitrogen and oxygen atoms in total. The molecule has 12 heteroatoms. The second-order valence-electron chi connectivity index (χ2n) is 9.32. The van der Waals surface area contributed by atoms with Crippen LogP contribution in [0.5, 0.6) is 0 Å². The number of fused-ring (bicyclic) bond motifs is 1. The first-order chi connectivity index (χ1) is 16.7. The zero-order valence-electron chi connectivity index (χ0n) is 20.3. The van der Waals surface area contributed by atoms with E-state index in [1.807, 2.05) is 13.8 Å². The third-order valence-corrected chi connectivity index (χ3v) is 8.14.